The van der Waals surface area contributed by atoms with Crippen LogP contribution in [0.25, 0.3) is 0 Å². The summed E-state index contributed by atoms with van der Waals surface area (Å²) < 4.78 is 16.6. The maximum Gasteiger partial charge on any atom is 0.277 e. The first kappa shape index (κ1) is 17.8. The van der Waals surface area contributed by atoms with E-state index >= 15 is 0 Å². The molecule has 7 heteroatoms. The quantitative estimate of drug-likeness (QED) is 0.580. The van der Waals surface area contributed by atoms with Crippen LogP contribution in [0.5, 0.6) is 17.2 Å². The molecule has 0 unspecified atom stereocenters. The average Bonchev–Trinajstić information content (AvgIpc) is 2.61. The molecule has 0 atom stereocenters. The van der Waals surface area contributed by atoms with E-state index in [-0.39, 0.29) is 12.5 Å². The first-order chi connectivity index (χ1) is 11.6. The normalized spacial score (nSPS) is 10.5. The predicted octanol–water partition coefficient (Wildman–Crippen LogP) is 3.00. The van der Waals surface area contributed by atoms with E-state index in [0.29, 0.717) is 22.8 Å². The van der Waals surface area contributed by atoms with Gasteiger partial charge in [-0.05, 0) is 40.2 Å². The summed E-state index contributed by atoms with van der Waals surface area (Å²) in [5, 5.41) is 3.90. The van der Waals surface area contributed by atoms with E-state index in [9.17, 15) is 4.79 Å². The fourth-order valence-corrected chi connectivity index (χ4v) is 2.24. The topological polar surface area (TPSA) is 69.2 Å². The number of benzene rings is 2. The predicted molar refractivity (Wildman–Crippen MR) is 94.9 cm³/mol. The van der Waals surface area contributed by atoms with Crippen LogP contribution < -0.4 is 19.6 Å². The lowest BCUT2D eigenvalue weighted by Gasteiger charge is -2.07. The number of carbonyl (C=O) groups excluding carboxylic acids is 1. The van der Waals surface area contributed by atoms with Crippen molar-refractivity contribution in [3.8, 4) is 17.2 Å². The number of hydrogen-bond donors (Lipinski definition) is 1. The summed E-state index contributed by atoms with van der Waals surface area (Å²) in [4.78, 5) is 11.8. The van der Waals surface area contributed by atoms with Crippen LogP contribution >= 0.6 is 15.9 Å². The molecule has 2 aromatic carbocycles. The third-order valence-corrected chi connectivity index (χ3v) is 3.68. The second-order valence-electron chi connectivity index (χ2n) is 4.62. The zero-order valence-corrected chi connectivity index (χ0v) is 14.9. The maximum atomic E-state index is 11.8. The van der Waals surface area contributed by atoms with Crippen LogP contribution in [0.1, 0.15) is 5.56 Å². The largest absolute Gasteiger partial charge is 0.497 e. The number of nitrogens with one attached hydrogen (secondary N) is 1. The molecule has 0 saturated carbocycles. The lowest BCUT2D eigenvalue weighted by Crippen LogP contribution is -2.24. The molecule has 0 fully saturated rings. The number of para-hydroxylation sites is 1. The lowest BCUT2D eigenvalue weighted by atomic mass is 10.2. The summed E-state index contributed by atoms with van der Waals surface area (Å²) in [7, 11) is 3.13. The van der Waals surface area contributed by atoms with Crippen molar-refractivity contribution in [2.75, 3.05) is 20.8 Å². The second kappa shape index (κ2) is 8.93. The van der Waals surface area contributed by atoms with Gasteiger partial charge in [0.2, 0.25) is 0 Å². The van der Waals surface area contributed by atoms with E-state index < -0.39 is 0 Å². The number of methoxy groups -OCH3 is 2. The third-order valence-electron chi connectivity index (χ3n) is 3.03. The molecule has 0 radical (unpaired) electrons. The van der Waals surface area contributed by atoms with Crippen molar-refractivity contribution in [1.29, 1.82) is 0 Å². The van der Waals surface area contributed by atoms with Crippen LogP contribution in [0.3, 0.4) is 0 Å². The van der Waals surface area contributed by atoms with E-state index in [2.05, 4.69) is 26.5 Å². The van der Waals surface area contributed by atoms with Gasteiger partial charge < -0.3 is 14.2 Å². The number of halogens is 1. The molecule has 1 amide bonds. The Morgan fingerprint density at radius 2 is 1.96 bits per heavy atom. The number of ether oxygens (including phenoxy) is 3. The summed E-state index contributed by atoms with van der Waals surface area (Å²) >= 11 is 3.35. The van der Waals surface area contributed by atoms with Gasteiger partial charge in [-0.2, -0.15) is 5.10 Å². The van der Waals surface area contributed by atoms with E-state index in [1.54, 1.807) is 38.5 Å². The van der Waals surface area contributed by atoms with Crippen LogP contribution in [0.15, 0.2) is 52.0 Å². The number of hydrazone groups is 1. The molecule has 24 heavy (non-hydrogen) atoms. The van der Waals surface area contributed by atoms with Crippen LogP contribution in [-0.2, 0) is 4.79 Å². The van der Waals surface area contributed by atoms with E-state index in [0.717, 1.165) is 4.47 Å². The summed E-state index contributed by atoms with van der Waals surface area (Å²) in [6.07, 6.45) is 1.49. The summed E-state index contributed by atoms with van der Waals surface area (Å²) in [6, 6.07) is 12.6. The number of hydrogen-bond acceptors (Lipinski definition) is 5. The Morgan fingerprint density at radius 3 is 2.67 bits per heavy atom. The molecule has 1 N–H and O–H groups in total. The standard InChI is InChI=1S/C17H17BrN2O4/c1-22-13-8-7-12(16(9-13)23-2)10-19-20-17(21)11-24-15-6-4-3-5-14(15)18/h3-10H,11H2,1-2H3,(H,20,21)/b19-10+. The van der Waals surface area contributed by atoms with Gasteiger partial charge in [0.1, 0.15) is 17.2 Å². The van der Waals surface area contributed by atoms with Crippen LogP contribution in [0.4, 0.5) is 0 Å². The third kappa shape index (κ3) is 4.99. The molecule has 6 nitrogen and oxygen atoms in total. The van der Waals surface area contributed by atoms with Gasteiger partial charge in [-0.25, -0.2) is 5.43 Å². The van der Waals surface area contributed by atoms with Gasteiger partial charge in [0.05, 0.1) is 24.9 Å². The fourth-order valence-electron chi connectivity index (χ4n) is 1.84. The average molecular weight is 393 g/mol. The van der Waals surface area contributed by atoms with E-state index in [1.165, 1.54) is 6.21 Å². The van der Waals surface area contributed by atoms with Gasteiger partial charge in [0, 0.05) is 11.6 Å². The number of rotatable bonds is 7. The lowest BCUT2D eigenvalue weighted by molar-refractivity contribution is -0.123. The Balaban J connectivity index is 1.89. The molecule has 0 aliphatic rings. The van der Waals surface area contributed by atoms with Crippen LogP contribution in [0, 0.1) is 0 Å². The summed E-state index contributed by atoms with van der Waals surface area (Å²) in [5.74, 6) is 1.50. The van der Waals surface area contributed by atoms with Gasteiger partial charge in [-0.1, -0.05) is 12.1 Å². The minimum Gasteiger partial charge on any atom is -0.497 e. The summed E-state index contributed by atoms with van der Waals surface area (Å²) in [6.45, 7) is -0.139. The van der Waals surface area contributed by atoms with Gasteiger partial charge >= 0.3 is 0 Å². The molecule has 0 aliphatic heterocycles. The monoisotopic (exact) mass is 392 g/mol. The zero-order chi connectivity index (χ0) is 17.4. The molecule has 0 heterocycles. The van der Waals surface area contributed by atoms with Crippen LogP contribution in [-0.4, -0.2) is 32.9 Å². The molecule has 0 saturated heterocycles. The van der Waals surface area contributed by atoms with Crippen molar-refractivity contribution in [1.82, 2.24) is 5.43 Å². The maximum absolute atomic E-state index is 11.8. The zero-order valence-electron chi connectivity index (χ0n) is 13.3. The number of nitrogens with zero attached hydrogens (tertiary/aromatic N) is 1. The van der Waals surface area contributed by atoms with Crippen molar-refractivity contribution in [3.05, 3.63) is 52.5 Å². The minimum atomic E-state index is -0.366. The first-order valence-electron chi connectivity index (χ1n) is 7.05. The Bertz CT molecular complexity index is 734. The van der Waals surface area contributed by atoms with Crippen molar-refractivity contribution in [2.24, 2.45) is 5.10 Å². The molecule has 0 bridgehead atoms. The molecule has 0 aromatic heterocycles. The molecular formula is C17H17BrN2O4. The number of carbonyl (C=O) groups is 1. The molecule has 0 spiro atoms. The highest BCUT2D eigenvalue weighted by Gasteiger charge is 2.05. The Kier molecular flexibility index (Phi) is 6.62. The smallest absolute Gasteiger partial charge is 0.277 e. The Morgan fingerprint density at radius 1 is 1.17 bits per heavy atom. The van der Waals surface area contributed by atoms with Crippen molar-refractivity contribution in [3.63, 3.8) is 0 Å². The molecule has 2 aromatic rings. The van der Waals surface area contributed by atoms with Crippen molar-refractivity contribution < 1.29 is 19.0 Å². The van der Waals surface area contributed by atoms with E-state index in [1.807, 2.05) is 18.2 Å². The molecule has 126 valence electrons. The van der Waals surface area contributed by atoms with Gasteiger partial charge in [-0.15, -0.1) is 0 Å². The molecule has 0 aliphatic carbocycles. The summed E-state index contributed by atoms with van der Waals surface area (Å²) in [5.41, 5.74) is 3.12. The van der Waals surface area contributed by atoms with Gasteiger partial charge in [0.15, 0.2) is 6.61 Å². The first-order valence-corrected chi connectivity index (χ1v) is 7.84. The molecular weight excluding hydrogens is 376 g/mol. The Labute approximate surface area is 148 Å². The van der Waals surface area contributed by atoms with Crippen LogP contribution in [0.2, 0.25) is 0 Å². The Hall–Kier alpha value is -2.54. The van der Waals surface area contributed by atoms with Crippen molar-refractivity contribution in [2.45, 2.75) is 0 Å². The fraction of sp³-hybridized carbons (Fsp3) is 0.176. The van der Waals surface area contributed by atoms with Crippen molar-refractivity contribution >= 4 is 28.1 Å². The molecule has 2 rings (SSSR count). The second-order valence-corrected chi connectivity index (χ2v) is 5.47. The highest BCUT2D eigenvalue weighted by molar-refractivity contribution is 9.10. The highest BCUT2D eigenvalue weighted by atomic mass is 79.9. The van der Waals surface area contributed by atoms with Gasteiger partial charge in [-0.3, -0.25) is 4.79 Å². The van der Waals surface area contributed by atoms with E-state index in [4.69, 9.17) is 14.2 Å². The minimum absolute atomic E-state index is 0.139. The highest BCUT2D eigenvalue weighted by Crippen LogP contribution is 2.24. The van der Waals surface area contributed by atoms with Gasteiger partial charge in [0.25, 0.3) is 5.91 Å². The number of amides is 1. The SMILES string of the molecule is COc1ccc(/C=N/NC(=O)COc2ccccc2Br)c(OC)c1.